The Hall–Kier alpha value is -0.820. The summed E-state index contributed by atoms with van der Waals surface area (Å²) in [7, 11) is 3.52. The molecule has 0 unspecified atom stereocenters. The van der Waals surface area contributed by atoms with Crippen molar-refractivity contribution in [2.24, 2.45) is 0 Å². The van der Waals surface area contributed by atoms with E-state index >= 15 is 0 Å². The van der Waals surface area contributed by atoms with Crippen molar-refractivity contribution in [2.75, 3.05) is 27.2 Å². The molecule has 0 aromatic rings. The quantitative estimate of drug-likeness (QED) is 0.796. The largest absolute Gasteiger partial charge is 0.390 e. The van der Waals surface area contributed by atoms with Crippen molar-refractivity contribution < 1.29 is 23.1 Å². The first kappa shape index (κ1) is 14.2. The van der Waals surface area contributed by atoms with Gasteiger partial charge in [0.15, 0.2) is 0 Å². The monoisotopic (exact) mass is 254 g/mol. The smallest absolute Gasteiger partial charge is 0.389 e. The van der Waals surface area contributed by atoms with Crippen LogP contribution >= 0.6 is 0 Å². The van der Waals surface area contributed by atoms with E-state index in [1.54, 1.807) is 19.0 Å². The zero-order chi connectivity index (χ0) is 13.2. The average Bonchev–Trinajstić information content (AvgIpc) is 2.55. The van der Waals surface area contributed by atoms with Crippen LogP contribution < -0.4 is 0 Å². The van der Waals surface area contributed by atoms with E-state index in [4.69, 9.17) is 0 Å². The van der Waals surface area contributed by atoms with Crippen LogP contribution in [0.2, 0.25) is 0 Å². The minimum atomic E-state index is -4.31. The normalized spacial score (nSPS) is 25.7. The summed E-state index contributed by atoms with van der Waals surface area (Å²) in [5.74, 6) is -0.550. The van der Waals surface area contributed by atoms with Gasteiger partial charge in [0.1, 0.15) is 0 Å². The predicted octanol–water partition coefficient (Wildman–Crippen LogP) is 0.462. The van der Waals surface area contributed by atoms with Crippen molar-refractivity contribution in [2.45, 2.75) is 31.2 Å². The minimum absolute atomic E-state index is 0.111. The molecule has 1 saturated heterocycles. The van der Waals surface area contributed by atoms with Gasteiger partial charge in [-0.2, -0.15) is 13.2 Å². The molecule has 1 aliphatic rings. The summed E-state index contributed by atoms with van der Waals surface area (Å²) in [4.78, 5) is 14.6. The van der Waals surface area contributed by atoms with Gasteiger partial charge in [-0.1, -0.05) is 0 Å². The molecular formula is C10H17F3N2O2. The summed E-state index contributed by atoms with van der Waals surface area (Å²) < 4.78 is 35.9. The first-order valence-corrected chi connectivity index (χ1v) is 5.39. The standard InChI is InChI=1S/C10H17F3N2O2/c1-14(2)7-5-15(6-8(7)16)9(17)3-4-10(11,12)13/h7-8,16H,3-6H2,1-2H3/t7-,8-/m0/s1. The van der Waals surface area contributed by atoms with Gasteiger partial charge in [-0.05, 0) is 14.1 Å². The Kier molecular flexibility index (Phi) is 4.37. The van der Waals surface area contributed by atoms with Crippen molar-refractivity contribution in [3.8, 4) is 0 Å². The number of β-amino-alcohol motifs (C(OH)–C–C–N with tert-alkyl or cyclic N) is 1. The topological polar surface area (TPSA) is 43.8 Å². The number of likely N-dealkylation sites (tertiary alicyclic amines) is 1. The lowest BCUT2D eigenvalue weighted by Gasteiger charge is -2.21. The summed E-state index contributed by atoms with van der Waals surface area (Å²) in [6.45, 7) is 0.393. The molecule has 7 heteroatoms. The number of hydrogen-bond acceptors (Lipinski definition) is 3. The van der Waals surface area contributed by atoms with Gasteiger partial charge in [-0.25, -0.2) is 0 Å². The van der Waals surface area contributed by atoms with Crippen molar-refractivity contribution in [3.63, 3.8) is 0 Å². The second kappa shape index (κ2) is 5.22. The Bertz CT molecular complexity index is 281. The summed E-state index contributed by atoms with van der Waals surface area (Å²) in [5, 5.41) is 9.65. The number of nitrogens with zero attached hydrogens (tertiary/aromatic N) is 2. The molecular weight excluding hydrogens is 237 g/mol. The lowest BCUT2D eigenvalue weighted by molar-refractivity contribution is -0.148. The number of aliphatic hydroxyl groups excluding tert-OH is 1. The molecule has 1 heterocycles. The minimum Gasteiger partial charge on any atom is -0.390 e. The van der Waals surface area contributed by atoms with E-state index in [9.17, 15) is 23.1 Å². The van der Waals surface area contributed by atoms with Gasteiger partial charge >= 0.3 is 6.18 Å². The van der Waals surface area contributed by atoms with Gasteiger partial charge in [0, 0.05) is 19.5 Å². The Morgan fingerprint density at radius 3 is 2.41 bits per heavy atom. The maximum Gasteiger partial charge on any atom is 0.389 e. The number of carbonyl (C=O) groups excluding carboxylic acids is 1. The molecule has 0 aliphatic carbocycles. The van der Waals surface area contributed by atoms with E-state index in [1.165, 1.54) is 4.90 Å². The van der Waals surface area contributed by atoms with Crippen molar-refractivity contribution >= 4 is 5.91 Å². The third-order valence-electron chi connectivity index (χ3n) is 2.90. The highest BCUT2D eigenvalue weighted by atomic mass is 19.4. The number of rotatable bonds is 3. The van der Waals surface area contributed by atoms with Gasteiger partial charge in [-0.15, -0.1) is 0 Å². The Morgan fingerprint density at radius 1 is 1.41 bits per heavy atom. The molecule has 100 valence electrons. The molecule has 4 nitrogen and oxygen atoms in total. The van der Waals surface area contributed by atoms with E-state index < -0.39 is 31.0 Å². The van der Waals surface area contributed by atoms with E-state index in [0.717, 1.165) is 0 Å². The zero-order valence-electron chi connectivity index (χ0n) is 9.87. The van der Waals surface area contributed by atoms with Gasteiger partial charge in [0.25, 0.3) is 0 Å². The summed E-state index contributed by atoms with van der Waals surface area (Å²) in [6.07, 6.45) is -6.66. The molecule has 0 saturated carbocycles. The number of alkyl halides is 3. The number of amides is 1. The first-order valence-electron chi connectivity index (χ1n) is 5.39. The molecule has 1 amide bonds. The first-order chi connectivity index (χ1) is 7.70. The fourth-order valence-corrected chi connectivity index (χ4v) is 1.89. The van der Waals surface area contributed by atoms with Gasteiger partial charge < -0.3 is 14.9 Å². The van der Waals surface area contributed by atoms with E-state index in [1.807, 2.05) is 0 Å². The molecule has 0 aromatic carbocycles. The second-order valence-corrected chi connectivity index (χ2v) is 4.51. The summed E-state index contributed by atoms with van der Waals surface area (Å²) in [5.41, 5.74) is 0. The highest BCUT2D eigenvalue weighted by Gasteiger charge is 2.36. The zero-order valence-corrected chi connectivity index (χ0v) is 9.87. The number of aliphatic hydroxyl groups is 1. The molecule has 1 aliphatic heterocycles. The molecule has 1 rings (SSSR count). The predicted molar refractivity (Wildman–Crippen MR) is 55.4 cm³/mol. The lowest BCUT2D eigenvalue weighted by Crippen LogP contribution is -2.38. The Morgan fingerprint density at radius 2 is 2.00 bits per heavy atom. The van der Waals surface area contributed by atoms with Gasteiger partial charge in [0.05, 0.1) is 18.6 Å². The third kappa shape index (κ3) is 4.16. The van der Waals surface area contributed by atoms with Crippen LogP contribution in [0.25, 0.3) is 0 Å². The molecule has 1 N–H and O–H groups in total. The van der Waals surface area contributed by atoms with Crippen LogP contribution in [0.4, 0.5) is 13.2 Å². The Labute approximate surface area is 98.0 Å². The molecule has 17 heavy (non-hydrogen) atoms. The fourth-order valence-electron chi connectivity index (χ4n) is 1.89. The van der Waals surface area contributed by atoms with Crippen molar-refractivity contribution in [1.29, 1.82) is 0 Å². The molecule has 0 radical (unpaired) electrons. The maximum atomic E-state index is 12.0. The highest BCUT2D eigenvalue weighted by Crippen LogP contribution is 2.23. The van der Waals surface area contributed by atoms with Crippen LogP contribution in [0.3, 0.4) is 0 Å². The molecule has 1 fully saturated rings. The van der Waals surface area contributed by atoms with Crippen LogP contribution in [0, 0.1) is 0 Å². The number of hydrogen-bond donors (Lipinski definition) is 1. The number of halogens is 3. The third-order valence-corrected chi connectivity index (χ3v) is 2.90. The molecule has 0 aromatic heterocycles. The summed E-state index contributed by atoms with van der Waals surface area (Å²) >= 11 is 0. The molecule has 2 atom stereocenters. The van der Waals surface area contributed by atoms with E-state index in [0.29, 0.717) is 0 Å². The molecule has 0 bridgehead atoms. The van der Waals surface area contributed by atoms with Gasteiger partial charge in [0.2, 0.25) is 5.91 Å². The lowest BCUT2D eigenvalue weighted by atomic mass is 10.2. The second-order valence-electron chi connectivity index (χ2n) is 4.51. The average molecular weight is 254 g/mol. The van der Waals surface area contributed by atoms with Crippen LogP contribution in [-0.2, 0) is 4.79 Å². The highest BCUT2D eigenvalue weighted by molar-refractivity contribution is 5.76. The van der Waals surface area contributed by atoms with Crippen molar-refractivity contribution in [1.82, 2.24) is 9.80 Å². The van der Waals surface area contributed by atoms with Crippen LogP contribution in [0.5, 0.6) is 0 Å². The number of carbonyl (C=O) groups is 1. The fraction of sp³-hybridized carbons (Fsp3) is 0.900. The van der Waals surface area contributed by atoms with Gasteiger partial charge in [-0.3, -0.25) is 4.79 Å². The Balaban J connectivity index is 2.45. The molecule has 0 spiro atoms. The van der Waals surface area contributed by atoms with Crippen LogP contribution in [0.15, 0.2) is 0 Å². The van der Waals surface area contributed by atoms with Crippen molar-refractivity contribution in [3.05, 3.63) is 0 Å². The van der Waals surface area contributed by atoms with Crippen LogP contribution in [0.1, 0.15) is 12.8 Å². The van der Waals surface area contributed by atoms with E-state index in [2.05, 4.69) is 0 Å². The number of likely N-dealkylation sites (N-methyl/N-ethyl adjacent to an activating group) is 1. The van der Waals surface area contributed by atoms with Crippen LogP contribution in [-0.4, -0.2) is 66.3 Å². The summed E-state index contributed by atoms with van der Waals surface area (Å²) in [6, 6.07) is -0.204. The maximum absolute atomic E-state index is 12.0. The van der Waals surface area contributed by atoms with E-state index in [-0.39, 0.29) is 19.1 Å². The SMILES string of the molecule is CN(C)[C@H]1CN(C(=O)CCC(F)(F)F)C[C@@H]1O.